The van der Waals surface area contributed by atoms with Crippen LogP contribution in [0.25, 0.3) is 12.2 Å². The van der Waals surface area contributed by atoms with Crippen molar-refractivity contribution in [3.8, 4) is 5.75 Å². The predicted molar refractivity (Wildman–Crippen MR) is 102 cm³/mol. The summed E-state index contributed by atoms with van der Waals surface area (Å²) in [5.41, 5.74) is 2.14. The third-order valence-electron chi connectivity index (χ3n) is 3.68. The van der Waals surface area contributed by atoms with E-state index >= 15 is 0 Å². The number of nitrogens with one attached hydrogen (secondary N) is 1. The molecule has 5 nitrogen and oxygen atoms in total. The standard InChI is InChI=1S/C20H15NO4S/c1-25-17-5-3-2-4-15(17)16(22)11-10-13-6-8-14(9-7-13)12-18-19(23)21-20(24)26-18/h2-12H,1H3,(H,21,23,24)/b11-10+,18-12-. The second-order valence-electron chi connectivity index (χ2n) is 5.42. The largest absolute Gasteiger partial charge is 0.496 e. The van der Waals surface area contributed by atoms with Gasteiger partial charge in [0.15, 0.2) is 5.78 Å². The fraction of sp³-hybridized carbons (Fsp3) is 0.0500. The van der Waals surface area contributed by atoms with E-state index in [0.717, 1.165) is 22.9 Å². The fourth-order valence-electron chi connectivity index (χ4n) is 2.39. The van der Waals surface area contributed by atoms with Crippen molar-refractivity contribution in [2.24, 2.45) is 0 Å². The molecule has 0 aromatic heterocycles. The SMILES string of the molecule is COc1ccccc1C(=O)/C=C/c1ccc(/C=C2\SC(=O)NC2=O)cc1. The number of hydrogen-bond donors (Lipinski definition) is 1. The van der Waals surface area contributed by atoms with Crippen LogP contribution in [-0.2, 0) is 4.79 Å². The van der Waals surface area contributed by atoms with Crippen molar-refractivity contribution in [1.82, 2.24) is 5.32 Å². The van der Waals surface area contributed by atoms with Crippen LogP contribution in [0.4, 0.5) is 4.79 Å². The Hall–Kier alpha value is -3.12. The highest BCUT2D eigenvalue weighted by Gasteiger charge is 2.24. The number of carbonyl (C=O) groups is 3. The van der Waals surface area contributed by atoms with Gasteiger partial charge in [0.05, 0.1) is 17.6 Å². The molecule has 2 aromatic rings. The van der Waals surface area contributed by atoms with Crippen molar-refractivity contribution in [2.45, 2.75) is 0 Å². The van der Waals surface area contributed by atoms with Crippen molar-refractivity contribution >= 4 is 40.8 Å². The van der Waals surface area contributed by atoms with Crippen LogP contribution in [0.2, 0.25) is 0 Å². The Morgan fingerprint density at radius 1 is 1.04 bits per heavy atom. The van der Waals surface area contributed by atoms with Crippen LogP contribution in [-0.4, -0.2) is 24.0 Å². The van der Waals surface area contributed by atoms with E-state index in [-0.39, 0.29) is 16.9 Å². The van der Waals surface area contributed by atoms with Gasteiger partial charge in [-0.05, 0) is 47.2 Å². The molecule has 1 fully saturated rings. The number of amides is 2. The van der Waals surface area contributed by atoms with Gasteiger partial charge in [0.1, 0.15) is 5.75 Å². The van der Waals surface area contributed by atoms with E-state index in [1.807, 2.05) is 30.3 Å². The maximum atomic E-state index is 12.3. The Labute approximate surface area is 154 Å². The Morgan fingerprint density at radius 2 is 1.73 bits per heavy atom. The van der Waals surface area contributed by atoms with E-state index in [9.17, 15) is 14.4 Å². The third kappa shape index (κ3) is 4.10. The second-order valence-corrected chi connectivity index (χ2v) is 6.43. The first kappa shape index (κ1) is 17.7. The van der Waals surface area contributed by atoms with Crippen LogP contribution in [0, 0.1) is 0 Å². The summed E-state index contributed by atoms with van der Waals surface area (Å²) in [6, 6.07) is 14.3. The molecular formula is C20H15NO4S. The molecule has 130 valence electrons. The normalized spacial score (nSPS) is 15.5. The summed E-state index contributed by atoms with van der Waals surface area (Å²) >= 11 is 0.879. The molecular weight excluding hydrogens is 350 g/mol. The molecule has 3 rings (SSSR count). The summed E-state index contributed by atoms with van der Waals surface area (Å²) in [7, 11) is 1.53. The van der Waals surface area contributed by atoms with Crippen LogP contribution >= 0.6 is 11.8 Å². The highest BCUT2D eigenvalue weighted by molar-refractivity contribution is 8.18. The van der Waals surface area contributed by atoms with Crippen molar-refractivity contribution < 1.29 is 19.1 Å². The fourth-order valence-corrected chi connectivity index (χ4v) is 3.07. The Kier molecular flexibility index (Phi) is 5.34. The van der Waals surface area contributed by atoms with Gasteiger partial charge in [-0.1, -0.05) is 42.5 Å². The highest BCUT2D eigenvalue weighted by atomic mass is 32.2. The van der Waals surface area contributed by atoms with E-state index in [1.165, 1.54) is 13.2 Å². The second kappa shape index (κ2) is 7.84. The molecule has 1 aliphatic heterocycles. The number of methoxy groups -OCH3 is 1. The number of hydrogen-bond acceptors (Lipinski definition) is 5. The molecule has 1 N–H and O–H groups in total. The summed E-state index contributed by atoms with van der Waals surface area (Å²) in [5, 5.41) is 1.85. The topological polar surface area (TPSA) is 72.5 Å². The number of allylic oxidation sites excluding steroid dienone is 1. The first-order chi connectivity index (χ1) is 12.6. The zero-order chi connectivity index (χ0) is 18.5. The lowest BCUT2D eigenvalue weighted by Gasteiger charge is -2.04. The van der Waals surface area contributed by atoms with Crippen LogP contribution in [0.1, 0.15) is 21.5 Å². The van der Waals surface area contributed by atoms with Crippen LogP contribution < -0.4 is 10.1 Å². The minimum absolute atomic E-state index is 0.147. The number of imide groups is 1. The first-order valence-electron chi connectivity index (χ1n) is 7.77. The summed E-state index contributed by atoms with van der Waals surface area (Å²) in [6.07, 6.45) is 4.86. The molecule has 0 radical (unpaired) electrons. The smallest absolute Gasteiger partial charge is 0.290 e. The van der Waals surface area contributed by atoms with Gasteiger partial charge in [-0.15, -0.1) is 0 Å². The number of ketones is 1. The van der Waals surface area contributed by atoms with Gasteiger partial charge in [0, 0.05) is 0 Å². The first-order valence-corrected chi connectivity index (χ1v) is 8.59. The van der Waals surface area contributed by atoms with E-state index in [2.05, 4.69) is 5.32 Å². The van der Waals surface area contributed by atoms with Crippen LogP contribution in [0.5, 0.6) is 5.75 Å². The average Bonchev–Trinajstić information content (AvgIpc) is 2.97. The molecule has 0 bridgehead atoms. The van der Waals surface area contributed by atoms with Gasteiger partial charge in [0.25, 0.3) is 11.1 Å². The summed E-state index contributed by atoms with van der Waals surface area (Å²) in [4.78, 5) is 35.4. The van der Waals surface area contributed by atoms with Crippen LogP contribution in [0.15, 0.2) is 59.5 Å². The number of carbonyl (C=O) groups excluding carboxylic acids is 3. The van der Waals surface area contributed by atoms with Gasteiger partial charge < -0.3 is 4.74 Å². The van der Waals surface area contributed by atoms with E-state index in [4.69, 9.17) is 4.74 Å². The number of para-hydroxylation sites is 1. The summed E-state index contributed by atoms with van der Waals surface area (Å²) in [6.45, 7) is 0. The molecule has 0 unspecified atom stereocenters. The molecule has 0 aliphatic carbocycles. The Morgan fingerprint density at radius 3 is 2.38 bits per heavy atom. The Bertz CT molecular complexity index is 929. The molecule has 2 aromatic carbocycles. The summed E-state index contributed by atoms with van der Waals surface area (Å²) in [5.74, 6) is 0.00331. The van der Waals surface area contributed by atoms with Crippen molar-refractivity contribution in [2.75, 3.05) is 7.11 Å². The van der Waals surface area contributed by atoms with Gasteiger partial charge >= 0.3 is 0 Å². The van der Waals surface area contributed by atoms with Gasteiger partial charge in [-0.2, -0.15) is 0 Å². The third-order valence-corrected chi connectivity index (χ3v) is 4.49. The summed E-state index contributed by atoms with van der Waals surface area (Å²) < 4.78 is 5.19. The number of benzene rings is 2. The quantitative estimate of drug-likeness (QED) is 0.642. The Balaban J connectivity index is 1.72. The van der Waals surface area contributed by atoms with E-state index in [0.29, 0.717) is 16.2 Å². The van der Waals surface area contributed by atoms with Crippen molar-refractivity contribution in [1.29, 1.82) is 0 Å². The van der Waals surface area contributed by atoms with Crippen molar-refractivity contribution in [3.63, 3.8) is 0 Å². The number of rotatable bonds is 5. The zero-order valence-electron chi connectivity index (χ0n) is 13.9. The lowest BCUT2D eigenvalue weighted by Crippen LogP contribution is -2.17. The molecule has 0 saturated carbocycles. The monoisotopic (exact) mass is 365 g/mol. The molecule has 2 amide bonds. The van der Waals surface area contributed by atoms with Gasteiger partial charge in [-0.25, -0.2) is 0 Å². The van der Waals surface area contributed by atoms with Crippen LogP contribution in [0.3, 0.4) is 0 Å². The van der Waals surface area contributed by atoms with Gasteiger partial charge in [0.2, 0.25) is 0 Å². The lowest BCUT2D eigenvalue weighted by atomic mass is 10.1. The number of thioether (sulfide) groups is 1. The molecule has 0 spiro atoms. The lowest BCUT2D eigenvalue weighted by molar-refractivity contribution is -0.115. The van der Waals surface area contributed by atoms with E-state index < -0.39 is 0 Å². The maximum absolute atomic E-state index is 12.3. The van der Waals surface area contributed by atoms with E-state index in [1.54, 1.807) is 30.4 Å². The minimum atomic E-state index is -0.383. The zero-order valence-corrected chi connectivity index (χ0v) is 14.7. The molecule has 1 heterocycles. The molecule has 26 heavy (non-hydrogen) atoms. The molecule has 0 atom stereocenters. The predicted octanol–water partition coefficient (Wildman–Crippen LogP) is 3.92. The molecule has 1 aliphatic rings. The van der Waals surface area contributed by atoms with Gasteiger partial charge in [-0.3, -0.25) is 19.7 Å². The van der Waals surface area contributed by atoms with Crippen molar-refractivity contribution in [3.05, 3.63) is 76.2 Å². The highest BCUT2D eigenvalue weighted by Crippen LogP contribution is 2.25. The molecule has 6 heteroatoms. The minimum Gasteiger partial charge on any atom is -0.496 e. The average molecular weight is 365 g/mol. The maximum Gasteiger partial charge on any atom is 0.290 e. The number of ether oxygens (including phenoxy) is 1. The molecule has 1 saturated heterocycles.